The number of benzene rings is 8. The first-order valence-corrected chi connectivity index (χ1v) is 33.0. The van der Waals surface area contributed by atoms with Crippen molar-refractivity contribution in [2.45, 2.75) is 158 Å². The Morgan fingerprint density at radius 1 is 0.290 bits per heavy atom. The van der Waals surface area contributed by atoms with Gasteiger partial charge in [0.1, 0.15) is 46.3 Å². The maximum absolute atomic E-state index is 14.0. The van der Waals surface area contributed by atoms with Gasteiger partial charge in [0.2, 0.25) is 0 Å². The van der Waals surface area contributed by atoms with Crippen molar-refractivity contribution in [1.82, 2.24) is 0 Å². The minimum Gasteiger partial charge on any atom is -0.483 e. The molecule has 9 rings (SSSR count). The van der Waals surface area contributed by atoms with E-state index in [1.165, 1.54) is 97.1 Å². The van der Waals surface area contributed by atoms with Crippen LogP contribution in [-0.4, -0.2) is 50.1 Å². The molecule has 8 aromatic carbocycles. The molecule has 1 aliphatic rings. The van der Waals surface area contributed by atoms with E-state index in [0.717, 1.165) is 22.3 Å². The second kappa shape index (κ2) is 32.6. The van der Waals surface area contributed by atoms with E-state index >= 15 is 0 Å². The van der Waals surface area contributed by atoms with Crippen LogP contribution in [0.25, 0.3) is 0 Å². The van der Waals surface area contributed by atoms with Gasteiger partial charge in [0, 0.05) is 67.3 Å². The molecule has 8 bridgehead atoms. The van der Waals surface area contributed by atoms with Crippen molar-refractivity contribution in [3.05, 3.63) is 236 Å². The predicted octanol–water partition coefficient (Wildman–Crippen LogP) is 16.7. The third kappa shape index (κ3) is 21.2. The van der Waals surface area contributed by atoms with E-state index in [2.05, 4.69) is 104 Å². The molecule has 0 radical (unpaired) electrons. The monoisotopic (exact) mass is 1370 g/mol. The lowest BCUT2D eigenvalue weighted by atomic mass is 9.84. The predicted molar refractivity (Wildman–Crippen MR) is 377 cm³/mol. The summed E-state index contributed by atoms with van der Waals surface area (Å²) in [6, 6.07) is 37.1. The zero-order chi connectivity index (χ0) is 72.1. The fourth-order valence-corrected chi connectivity index (χ4v) is 10.9. The molecule has 0 fully saturated rings. The quantitative estimate of drug-likeness (QED) is 0.0671. The number of nitrogens with one attached hydrogen (secondary N) is 4. The summed E-state index contributed by atoms with van der Waals surface area (Å²) in [7, 11) is 0. The Labute approximate surface area is 582 Å². The smallest absolute Gasteiger partial charge is 0.262 e. The Morgan fingerprint density at radius 3 is 0.580 bits per heavy atom. The van der Waals surface area contributed by atoms with E-state index in [4.69, 9.17) is 37.9 Å². The summed E-state index contributed by atoms with van der Waals surface area (Å²) in [5, 5.41) is 11.1. The van der Waals surface area contributed by atoms with Crippen LogP contribution in [0.5, 0.6) is 23.0 Å². The van der Waals surface area contributed by atoms with Crippen LogP contribution in [0.4, 0.5) is 40.3 Å². The molecule has 1 aliphatic heterocycles. The average Bonchev–Trinajstić information content (AvgIpc) is 0.812. The summed E-state index contributed by atoms with van der Waals surface area (Å²) in [6.45, 7) is 22.1. The molecule has 100 heavy (non-hydrogen) atoms. The van der Waals surface area contributed by atoms with E-state index < -0.39 is 95.0 Å². The molecule has 0 atom stereocenters. The largest absolute Gasteiger partial charge is 0.483 e. The first-order valence-electron chi connectivity index (χ1n) is 33.0. The molecule has 528 valence electrons. The second-order valence-electron chi connectivity index (χ2n) is 28.8. The summed E-state index contributed by atoms with van der Waals surface area (Å²) in [4.78, 5) is 55.1. The molecule has 8 aromatic rings. The van der Waals surface area contributed by atoms with E-state index in [9.17, 15) is 36.7 Å². The highest BCUT2D eigenvalue weighted by Gasteiger charge is 2.28. The topological polar surface area (TPSA) is 190 Å². The third-order valence-electron chi connectivity index (χ3n) is 16.4. The van der Waals surface area contributed by atoms with E-state index in [1.807, 2.05) is 48.5 Å². The lowest BCUT2D eigenvalue weighted by Gasteiger charge is -2.26. The zero-order valence-corrected chi connectivity index (χ0v) is 58.8. The van der Waals surface area contributed by atoms with Gasteiger partial charge in [-0.25, -0.2) is 17.6 Å². The van der Waals surface area contributed by atoms with Gasteiger partial charge in [0.15, 0.2) is 26.4 Å². The normalized spacial score (nSPS) is 13.4. The number of fused-ring (bicyclic) bond motifs is 8. The van der Waals surface area contributed by atoms with Crippen LogP contribution in [0.3, 0.4) is 0 Å². The van der Waals surface area contributed by atoms with Crippen molar-refractivity contribution in [1.29, 1.82) is 0 Å². The van der Waals surface area contributed by atoms with E-state index in [1.54, 1.807) is 0 Å². The molecule has 0 unspecified atom stereocenters. The first kappa shape index (κ1) is 74.6. The van der Waals surface area contributed by atoms with Crippen molar-refractivity contribution in [3.8, 4) is 23.0 Å². The summed E-state index contributed by atoms with van der Waals surface area (Å²) in [5.74, 6) is -2.82. The highest BCUT2D eigenvalue weighted by Crippen LogP contribution is 2.40. The van der Waals surface area contributed by atoms with Crippen molar-refractivity contribution < 1.29 is 74.6 Å². The molecule has 0 saturated heterocycles. The first-order chi connectivity index (χ1) is 47.3. The molecular weight excluding hydrogens is 1280 g/mol. The van der Waals surface area contributed by atoms with Crippen molar-refractivity contribution >= 4 is 46.4 Å². The maximum atomic E-state index is 14.0. The number of carbonyl (C=O) groups is 4. The summed E-state index contributed by atoms with van der Waals surface area (Å²) < 4.78 is 109. The highest BCUT2D eigenvalue weighted by atomic mass is 19.1. The fraction of sp³-hybridized carbons (Fsp3) is 0.350. The minimum absolute atomic E-state index is 0.0893. The minimum atomic E-state index is -0.528. The molecule has 0 spiro atoms. The highest BCUT2D eigenvalue weighted by molar-refractivity contribution is 5.93. The number of rotatable bonds is 16. The number of hydrogen-bond acceptors (Lipinski definition) is 12. The van der Waals surface area contributed by atoms with Crippen LogP contribution < -0.4 is 40.2 Å². The van der Waals surface area contributed by atoms with Gasteiger partial charge in [-0.1, -0.05) is 83.1 Å². The van der Waals surface area contributed by atoms with Gasteiger partial charge >= 0.3 is 0 Å². The van der Waals surface area contributed by atoms with Gasteiger partial charge in [-0.3, -0.25) is 19.2 Å². The van der Waals surface area contributed by atoms with Gasteiger partial charge in [0.25, 0.3) is 23.6 Å². The maximum Gasteiger partial charge on any atom is 0.262 e. The Kier molecular flexibility index (Phi) is 24.3. The molecule has 20 heteroatoms. The molecule has 0 aromatic heterocycles. The second-order valence-corrected chi connectivity index (χ2v) is 28.8. The summed E-state index contributed by atoms with van der Waals surface area (Å²) in [5.41, 5.74) is 7.56. The van der Waals surface area contributed by atoms with Crippen molar-refractivity contribution in [2.75, 3.05) is 47.7 Å². The van der Waals surface area contributed by atoms with E-state index in [0.29, 0.717) is 90.3 Å². The van der Waals surface area contributed by atoms with Gasteiger partial charge in [0.05, 0.1) is 52.9 Å². The standard InChI is InChI=1S/C80H88F4N4O12/c1-77(2,3)57-29-49-37-93-39-51-31-58(78(4,5)6)33-53(74(51)98-46-70(90)86-66-23-15-62(82)16-24-66)41-95-43-55-35-60(80(10,11)12)36-56(76(55)100-48-72(92)88-68-27-19-64(84)20-28-68)44-96-42-54-34-59(79(7,8)9)32-52(75(54)99-47-71(91)87-67-25-17-63(83)18-26-67)40-94-38-50(30-57)73(49)97-45-69(89)85-65-21-13-61(81)14-22-65/h13-36H,37-48H2,1-12H3,(H,85,89)(H,86,90)(H,87,91)(H,88,92). The molecule has 16 nitrogen and oxygen atoms in total. The Hall–Kier alpha value is -9.60. The molecular formula is C80H88F4N4O12. The van der Waals surface area contributed by atoms with Gasteiger partial charge in [-0.15, -0.1) is 0 Å². The van der Waals surface area contributed by atoms with Crippen LogP contribution in [0.15, 0.2) is 146 Å². The van der Waals surface area contributed by atoms with Gasteiger partial charge in [-0.05, 0) is 190 Å². The van der Waals surface area contributed by atoms with Crippen LogP contribution in [0.1, 0.15) is 150 Å². The molecule has 4 N–H and O–H groups in total. The Balaban J connectivity index is 1.18. The SMILES string of the molecule is CC(C)(C)c1cc2c(OCC(=O)Nc3ccc(F)cc3)c(c1)COCc1cc(C(C)(C)C)cc(c1OCC(=O)Nc1ccc(F)cc1)COCc1cc(C(C)(C)C)cc(c1OCC(=O)Nc1ccc(F)cc1)COCc1cc(C(C)(C)C)cc(c1OCC(=O)Nc1ccc(F)cc1)COC2. The Morgan fingerprint density at radius 2 is 0.440 bits per heavy atom. The number of hydrogen-bond donors (Lipinski definition) is 4. The van der Waals surface area contributed by atoms with Crippen molar-refractivity contribution in [2.24, 2.45) is 0 Å². The number of carbonyl (C=O) groups excluding carboxylic acids is 4. The number of ether oxygens (including phenoxy) is 8. The van der Waals surface area contributed by atoms with Crippen LogP contribution in [-0.2, 0) is 113 Å². The Bertz CT molecular complexity index is 3550. The summed E-state index contributed by atoms with van der Waals surface area (Å²) in [6.07, 6.45) is 0. The van der Waals surface area contributed by atoms with Crippen LogP contribution in [0, 0.1) is 23.3 Å². The van der Waals surface area contributed by atoms with Gasteiger partial charge < -0.3 is 59.2 Å². The molecule has 0 aliphatic carbocycles. The number of halogens is 4. The molecule has 4 amide bonds. The average molecular weight is 1370 g/mol. The van der Waals surface area contributed by atoms with Crippen LogP contribution >= 0.6 is 0 Å². The molecule has 0 saturated carbocycles. The fourth-order valence-electron chi connectivity index (χ4n) is 10.9. The van der Waals surface area contributed by atoms with Crippen molar-refractivity contribution in [3.63, 3.8) is 0 Å². The zero-order valence-electron chi connectivity index (χ0n) is 58.8. The third-order valence-corrected chi connectivity index (χ3v) is 16.4. The number of amides is 4. The lowest BCUT2D eigenvalue weighted by Crippen LogP contribution is -2.22. The van der Waals surface area contributed by atoms with E-state index in [-0.39, 0.29) is 52.9 Å². The number of anilines is 4. The molecule has 1 heterocycles. The van der Waals surface area contributed by atoms with Crippen LogP contribution in [0.2, 0.25) is 0 Å². The summed E-state index contributed by atoms with van der Waals surface area (Å²) >= 11 is 0. The lowest BCUT2D eigenvalue weighted by molar-refractivity contribution is -0.118. The van der Waals surface area contributed by atoms with Gasteiger partial charge in [-0.2, -0.15) is 0 Å².